The highest BCUT2D eigenvalue weighted by Gasteiger charge is 2.56. The van der Waals surface area contributed by atoms with Gasteiger partial charge in [0.2, 0.25) is 5.91 Å². The number of nitrogens with two attached hydrogens (primary N) is 2. The van der Waals surface area contributed by atoms with Gasteiger partial charge in [-0.05, 0) is 17.9 Å². The molecule has 0 fully saturated rings. The number of carboxylic acid groups (broad SMARTS) is 1. The number of amides is 1. The number of rotatable bonds is 8. The van der Waals surface area contributed by atoms with Crippen molar-refractivity contribution in [2.24, 2.45) is 11.5 Å². The van der Waals surface area contributed by atoms with E-state index in [1.54, 1.807) is 0 Å². The van der Waals surface area contributed by atoms with E-state index in [1.165, 1.54) is 6.92 Å². The first-order valence-electron chi connectivity index (χ1n) is 5.88. The van der Waals surface area contributed by atoms with Gasteiger partial charge in [0.15, 0.2) is 0 Å². The van der Waals surface area contributed by atoms with E-state index >= 15 is 0 Å². The van der Waals surface area contributed by atoms with Crippen LogP contribution in [0.5, 0.6) is 0 Å². The molecular weight excluding hydrogens is 273 g/mol. The van der Waals surface area contributed by atoms with Crippen molar-refractivity contribution in [3.05, 3.63) is 0 Å². The Hall–Kier alpha value is -1.08. The number of nitrogens with one attached hydrogen (secondary N) is 1. The molecule has 0 aromatic rings. The molecule has 0 aliphatic rings. The number of hydrogen-bond donors (Lipinski definition) is 5. The van der Waals surface area contributed by atoms with E-state index in [-0.39, 0.29) is 0 Å². The minimum absolute atomic E-state index is 0.385. The van der Waals surface area contributed by atoms with Crippen molar-refractivity contribution < 1.29 is 24.2 Å². The maximum Gasteiger partial charge on any atom is 0.536 e. The molecule has 8 nitrogen and oxygen atoms in total. The molecule has 1 amide bonds. The summed E-state index contributed by atoms with van der Waals surface area (Å²) in [5.74, 6) is -2.02. The fraction of sp³-hybridized carbons (Fsp3) is 0.800. The van der Waals surface area contributed by atoms with Crippen LogP contribution in [0.15, 0.2) is 0 Å². The summed E-state index contributed by atoms with van der Waals surface area (Å²) in [6.45, 7) is 3.19. The van der Waals surface area contributed by atoms with E-state index in [0.717, 1.165) is 0 Å². The lowest BCUT2D eigenvalue weighted by Gasteiger charge is -2.26. The maximum absolute atomic E-state index is 11.8. The van der Waals surface area contributed by atoms with Crippen molar-refractivity contribution in [1.82, 2.24) is 5.32 Å². The second-order valence-corrected chi connectivity index (χ2v) is 5.78. The summed E-state index contributed by atoms with van der Waals surface area (Å²) in [6, 6.07) is -1.89. The lowest BCUT2D eigenvalue weighted by molar-refractivity contribution is -0.138. The van der Waals surface area contributed by atoms with Crippen LogP contribution in [-0.4, -0.2) is 39.2 Å². The largest absolute Gasteiger partial charge is 0.536 e. The van der Waals surface area contributed by atoms with Crippen molar-refractivity contribution in [2.75, 3.05) is 0 Å². The molecule has 0 bridgehead atoms. The Labute approximate surface area is 112 Å². The van der Waals surface area contributed by atoms with Crippen LogP contribution in [0.1, 0.15) is 33.1 Å². The maximum atomic E-state index is 11.8. The molecule has 110 valence electrons. The molecular formula is C10H21N3O5P+. The number of carboxylic acids is 1. The molecule has 4 atom stereocenters. The Kier molecular flexibility index (Phi) is 7.07. The zero-order valence-corrected chi connectivity index (χ0v) is 11.9. The zero-order valence-electron chi connectivity index (χ0n) is 11.0. The van der Waals surface area contributed by atoms with Crippen LogP contribution >= 0.6 is 8.03 Å². The van der Waals surface area contributed by atoms with Gasteiger partial charge in [-0.1, -0.05) is 13.3 Å². The first kappa shape index (κ1) is 17.9. The van der Waals surface area contributed by atoms with Gasteiger partial charge in [0.1, 0.15) is 6.42 Å². The molecule has 19 heavy (non-hydrogen) atoms. The molecule has 0 aromatic carbocycles. The third kappa shape index (κ3) is 4.83. The van der Waals surface area contributed by atoms with E-state index in [2.05, 4.69) is 5.32 Å². The minimum atomic E-state index is -3.03. The van der Waals surface area contributed by atoms with E-state index in [0.29, 0.717) is 12.8 Å². The first-order valence-corrected chi connectivity index (χ1v) is 7.09. The third-order valence-corrected chi connectivity index (χ3v) is 4.15. The molecule has 0 heterocycles. The predicted molar refractivity (Wildman–Crippen MR) is 69.5 cm³/mol. The standard InChI is InChI=1S/C10H20N3O5P/c1-3-4-7(12)9(16)13-10(6(2)11,19(17)18)5-8(14)15/h6-7H,3-5,11-12H2,1-2H3,(H2-,13,14,15,16,17,18)/p+1/t6?,7-,10?/m0/s1. The second-order valence-electron chi connectivity index (χ2n) is 4.44. The molecule has 3 unspecified atom stereocenters. The Morgan fingerprint density at radius 3 is 2.26 bits per heavy atom. The van der Waals surface area contributed by atoms with E-state index in [4.69, 9.17) is 16.6 Å². The minimum Gasteiger partial charge on any atom is -0.481 e. The average molecular weight is 294 g/mol. The molecule has 0 saturated heterocycles. The fourth-order valence-electron chi connectivity index (χ4n) is 1.59. The molecule has 0 aromatic heterocycles. The van der Waals surface area contributed by atoms with E-state index < -0.39 is 43.7 Å². The van der Waals surface area contributed by atoms with Gasteiger partial charge < -0.3 is 21.9 Å². The van der Waals surface area contributed by atoms with Crippen molar-refractivity contribution in [1.29, 1.82) is 0 Å². The van der Waals surface area contributed by atoms with Crippen molar-refractivity contribution in [3.8, 4) is 0 Å². The summed E-state index contributed by atoms with van der Waals surface area (Å²) in [7, 11) is -3.03. The third-order valence-electron chi connectivity index (χ3n) is 2.79. The van der Waals surface area contributed by atoms with Gasteiger partial charge >= 0.3 is 14.0 Å². The Morgan fingerprint density at radius 2 is 1.95 bits per heavy atom. The molecule has 0 rings (SSSR count). The highest BCUT2D eigenvalue weighted by Crippen LogP contribution is 2.38. The van der Waals surface area contributed by atoms with Gasteiger partial charge in [0.05, 0.1) is 12.1 Å². The number of aliphatic carboxylic acids is 1. The summed E-state index contributed by atoms with van der Waals surface area (Å²) in [4.78, 5) is 32.0. The van der Waals surface area contributed by atoms with Crippen molar-refractivity contribution in [2.45, 2.75) is 50.5 Å². The lowest BCUT2D eigenvalue weighted by atomic mass is 10.0. The second kappa shape index (κ2) is 7.49. The van der Waals surface area contributed by atoms with Crippen molar-refractivity contribution >= 4 is 19.9 Å². The molecule has 0 radical (unpaired) electrons. The monoisotopic (exact) mass is 294 g/mol. The quantitative estimate of drug-likeness (QED) is 0.377. The number of hydrogen-bond acceptors (Lipinski definition) is 5. The molecule has 0 saturated carbocycles. The molecule has 0 aliphatic carbocycles. The van der Waals surface area contributed by atoms with Crippen molar-refractivity contribution in [3.63, 3.8) is 0 Å². The van der Waals surface area contributed by atoms with Crippen LogP contribution in [0.4, 0.5) is 0 Å². The summed E-state index contributed by atoms with van der Waals surface area (Å²) in [6.07, 6.45) is 0.293. The van der Waals surface area contributed by atoms with E-state index in [1.807, 2.05) is 6.92 Å². The molecule has 7 N–H and O–H groups in total. The Balaban J connectivity index is 5.19. The van der Waals surface area contributed by atoms with Gasteiger partial charge in [0, 0.05) is 0 Å². The zero-order chi connectivity index (χ0) is 15.2. The first-order chi connectivity index (χ1) is 8.67. The van der Waals surface area contributed by atoms with Crippen LogP contribution < -0.4 is 16.8 Å². The van der Waals surface area contributed by atoms with Crippen LogP contribution in [-0.2, 0) is 14.2 Å². The van der Waals surface area contributed by atoms with Crippen LogP contribution in [0.3, 0.4) is 0 Å². The predicted octanol–water partition coefficient (Wildman–Crippen LogP) is -0.517. The summed E-state index contributed by atoms with van der Waals surface area (Å²) < 4.78 is 11.5. The fourth-order valence-corrected chi connectivity index (χ4v) is 2.41. The van der Waals surface area contributed by atoms with Gasteiger partial charge in [-0.25, -0.2) is 0 Å². The van der Waals surface area contributed by atoms with Gasteiger partial charge in [-0.2, -0.15) is 4.89 Å². The summed E-state index contributed by atoms with van der Waals surface area (Å²) in [5.41, 5.74) is 11.2. The number of carbonyl (C=O) groups is 2. The smallest absolute Gasteiger partial charge is 0.481 e. The molecule has 0 aliphatic heterocycles. The Bertz CT molecular complexity index is 363. The van der Waals surface area contributed by atoms with Gasteiger partial charge in [-0.15, -0.1) is 0 Å². The Morgan fingerprint density at radius 1 is 1.42 bits per heavy atom. The van der Waals surface area contributed by atoms with E-state index in [9.17, 15) is 19.0 Å². The summed E-state index contributed by atoms with van der Waals surface area (Å²) in [5, 5.41) is 9.15. The van der Waals surface area contributed by atoms with Crippen LogP contribution in [0, 0.1) is 0 Å². The number of carbonyl (C=O) groups excluding carboxylic acids is 1. The normalized spacial score (nSPS) is 18.1. The molecule has 0 spiro atoms. The van der Waals surface area contributed by atoms with Gasteiger partial charge in [-0.3, -0.25) is 9.59 Å². The SMILES string of the molecule is CCC[C@H](N)C(=O)NC(CC(=O)O)(C(C)N)[P+](=O)O. The van der Waals surface area contributed by atoms with Gasteiger partial charge in [0.25, 0.3) is 5.28 Å². The molecule has 9 heteroatoms. The lowest BCUT2D eigenvalue weighted by Crippen LogP contribution is -2.60. The van der Waals surface area contributed by atoms with Crippen LogP contribution in [0.2, 0.25) is 0 Å². The highest BCUT2D eigenvalue weighted by atomic mass is 31.1. The topological polar surface area (TPSA) is 156 Å². The average Bonchev–Trinajstić information content (AvgIpc) is 2.26. The summed E-state index contributed by atoms with van der Waals surface area (Å²) >= 11 is 0. The highest BCUT2D eigenvalue weighted by molar-refractivity contribution is 7.40. The van der Waals surface area contributed by atoms with Crippen LogP contribution in [0.25, 0.3) is 0 Å².